The number of unbranched alkanes of at least 4 members (excludes halogenated alkanes) is 4. The highest BCUT2D eigenvalue weighted by molar-refractivity contribution is 6.31. The van der Waals surface area contributed by atoms with E-state index in [9.17, 15) is 19.8 Å². The monoisotopic (exact) mass is 663 g/mol. The van der Waals surface area contributed by atoms with Gasteiger partial charge in [0.05, 0.1) is 42.8 Å². The summed E-state index contributed by atoms with van der Waals surface area (Å²) in [5.41, 5.74) is 4.88. The molecule has 0 saturated carbocycles. The van der Waals surface area contributed by atoms with Crippen LogP contribution < -0.4 is 21.3 Å². The molecular weight excluding hydrogens is 622 g/mol. The first-order valence-electron chi connectivity index (χ1n) is 15.8. The molecule has 3 N–H and O–H groups in total. The Hall–Kier alpha value is -3.99. The van der Waals surface area contributed by atoms with Crippen molar-refractivity contribution in [1.29, 1.82) is 0 Å². The molecule has 1 aliphatic heterocycles. The number of fused-ring (bicyclic) bond motifs is 2. The van der Waals surface area contributed by atoms with Crippen molar-refractivity contribution in [1.82, 2.24) is 5.48 Å². The average molecular weight is 664 g/mol. The number of halogens is 1. The number of carboxylic acids is 1. The normalized spacial score (nSPS) is 12.4. The van der Waals surface area contributed by atoms with Crippen molar-refractivity contribution in [3.8, 4) is 22.5 Å². The summed E-state index contributed by atoms with van der Waals surface area (Å²) in [5, 5.41) is 21.8. The number of carboxylic acid groups (broad SMARTS) is 1. The summed E-state index contributed by atoms with van der Waals surface area (Å²) in [4.78, 5) is 30.7. The maximum Gasteiger partial charge on any atom is 0.336 e. The van der Waals surface area contributed by atoms with Gasteiger partial charge >= 0.3 is 5.97 Å². The number of aliphatic hydroxyl groups is 1. The van der Waals surface area contributed by atoms with Gasteiger partial charge < -0.3 is 24.1 Å². The molecule has 4 rings (SSSR count). The number of ether oxygens (including phenoxy) is 2. The predicted molar refractivity (Wildman–Crippen MR) is 185 cm³/mol. The van der Waals surface area contributed by atoms with Crippen LogP contribution in [0.4, 0.5) is 0 Å². The molecule has 2 aromatic rings. The number of aromatic carboxylic acids is 1. The minimum Gasteiger partial charge on any atom is -0.513 e. The second-order valence-electron chi connectivity index (χ2n) is 11.3. The molecule has 1 aliphatic carbocycles. The first-order valence-corrected chi connectivity index (χ1v) is 16.2. The van der Waals surface area contributed by atoms with Crippen LogP contribution in [0.5, 0.6) is 0 Å². The Morgan fingerprint density at radius 1 is 0.979 bits per heavy atom. The van der Waals surface area contributed by atoms with E-state index in [1.165, 1.54) is 50.8 Å². The maximum absolute atomic E-state index is 12.6. The van der Waals surface area contributed by atoms with Crippen molar-refractivity contribution >= 4 is 41.2 Å². The summed E-state index contributed by atoms with van der Waals surface area (Å²) in [5.74, 6) is -0.826. The van der Waals surface area contributed by atoms with Gasteiger partial charge in [-0.2, -0.15) is 5.48 Å². The van der Waals surface area contributed by atoms with Gasteiger partial charge in [-0.1, -0.05) is 69.0 Å². The molecular formula is C37H42ClNO8. The summed E-state index contributed by atoms with van der Waals surface area (Å²) < 4.78 is 17.4. The zero-order valence-corrected chi connectivity index (χ0v) is 27.7. The fourth-order valence-electron chi connectivity index (χ4n) is 5.22. The smallest absolute Gasteiger partial charge is 0.336 e. The maximum atomic E-state index is 12.6. The van der Waals surface area contributed by atoms with E-state index in [0.29, 0.717) is 70.0 Å². The van der Waals surface area contributed by atoms with E-state index in [0.717, 1.165) is 13.0 Å². The fourth-order valence-corrected chi connectivity index (χ4v) is 5.38. The Labute approximate surface area is 279 Å². The molecule has 0 radical (unpaired) electrons. The molecule has 0 bridgehead atoms. The third-order valence-electron chi connectivity index (χ3n) is 7.60. The van der Waals surface area contributed by atoms with Gasteiger partial charge in [0.2, 0.25) is 5.43 Å². The Bertz CT molecular complexity index is 1840. The predicted octanol–water partition coefficient (Wildman–Crippen LogP) is 6.59. The Morgan fingerprint density at radius 2 is 1.74 bits per heavy atom. The number of hydrogen-bond acceptors (Lipinski definition) is 8. The third-order valence-corrected chi connectivity index (χ3v) is 7.90. The number of nitrogens with one attached hydrogen (secondary N) is 1. The lowest BCUT2D eigenvalue weighted by Crippen LogP contribution is -2.24. The van der Waals surface area contributed by atoms with Crippen LogP contribution in [0, 0.1) is 0 Å². The number of aliphatic hydroxyl groups excluding tert-OH is 1. The van der Waals surface area contributed by atoms with Crippen molar-refractivity contribution in [3.05, 3.63) is 91.1 Å². The molecule has 0 atom stereocenters. The number of rotatable bonds is 18. The number of carbonyl (C=O) groups is 1. The second-order valence-corrected chi connectivity index (χ2v) is 11.7. The van der Waals surface area contributed by atoms with E-state index in [-0.39, 0.29) is 28.7 Å². The number of allylic oxidation sites excluding steroid dienone is 2. The number of hydroxylamine groups is 1. The van der Waals surface area contributed by atoms with Crippen LogP contribution in [0.2, 0.25) is 5.02 Å². The van der Waals surface area contributed by atoms with Gasteiger partial charge in [0, 0.05) is 40.9 Å². The highest BCUT2D eigenvalue weighted by Crippen LogP contribution is 2.41. The van der Waals surface area contributed by atoms with Crippen LogP contribution >= 0.6 is 11.6 Å². The van der Waals surface area contributed by atoms with Crippen molar-refractivity contribution < 1.29 is 33.7 Å². The minimum atomic E-state index is -1.14. The molecule has 47 heavy (non-hydrogen) atoms. The standard InChI is InChI=1S/C37H42ClNO8/c1-4-5-6-7-8-16-44-18-19-45-17-15-39-46-23-26-11-14-28(30(20-26)37(42)43)35-29-12-9-24(2)27(13-10-25(3)40)36(29)47-34-22-33(41)32(38)21-31(34)35/h9-14,20-22,39-40H,2,4-8,15-19,23H2,1,3H3,(H,42,43). The molecule has 2 aliphatic rings. The molecule has 0 aromatic heterocycles. The van der Waals surface area contributed by atoms with Gasteiger partial charge in [0.1, 0.15) is 11.3 Å². The highest BCUT2D eigenvalue weighted by atomic mass is 35.5. The Balaban J connectivity index is 1.51. The van der Waals surface area contributed by atoms with E-state index in [2.05, 4.69) is 19.0 Å². The highest BCUT2D eigenvalue weighted by Gasteiger charge is 2.23. The SMILES string of the molecule is C=c1ccc2c(-c3ccc(CONCCOCCOCCCCCCC)cc3C(=O)O)c3cc(Cl)c(=O)cc-3oc2c1=CC=C(C)O. The fraction of sp³-hybridized carbons (Fsp3) is 0.351. The first-order chi connectivity index (χ1) is 22.7. The average Bonchev–Trinajstić information content (AvgIpc) is 3.04. The largest absolute Gasteiger partial charge is 0.513 e. The lowest BCUT2D eigenvalue weighted by Gasteiger charge is -2.18. The van der Waals surface area contributed by atoms with E-state index < -0.39 is 11.4 Å². The van der Waals surface area contributed by atoms with E-state index in [1.54, 1.807) is 36.4 Å². The molecule has 0 spiro atoms. The molecule has 10 heteroatoms. The molecule has 2 aromatic carbocycles. The summed E-state index contributed by atoms with van der Waals surface area (Å²) in [6.07, 6.45) is 9.19. The van der Waals surface area contributed by atoms with Gasteiger partial charge in [-0.3, -0.25) is 9.63 Å². The zero-order valence-electron chi connectivity index (χ0n) is 26.9. The number of benzene rings is 3. The summed E-state index contributed by atoms with van der Waals surface area (Å²) in [6, 6.07) is 11.4. The molecule has 0 saturated heterocycles. The zero-order chi connectivity index (χ0) is 33.8. The Morgan fingerprint density at radius 3 is 2.49 bits per heavy atom. The van der Waals surface area contributed by atoms with Gasteiger partial charge in [-0.25, -0.2) is 4.79 Å². The third kappa shape index (κ3) is 9.76. The van der Waals surface area contributed by atoms with Crippen molar-refractivity contribution in [2.75, 3.05) is 33.0 Å². The first kappa shape index (κ1) is 35.9. The lowest BCUT2D eigenvalue weighted by molar-refractivity contribution is -0.000872. The van der Waals surface area contributed by atoms with Gasteiger partial charge in [-0.05, 0) is 60.0 Å². The number of hydrogen-bond donors (Lipinski definition) is 3. The molecule has 0 fully saturated rings. The van der Waals surface area contributed by atoms with Crippen molar-refractivity contribution in [2.45, 2.75) is 52.6 Å². The lowest BCUT2D eigenvalue weighted by atomic mass is 9.89. The summed E-state index contributed by atoms with van der Waals surface area (Å²) in [7, 11) is 0. The van der Waals surface area contributed by atoms with E-state index >= 15 is 0 Å². The summed E-state index contributed by atoms with van der Waals surface area (Å²) in [6.45, 7) is 10.6. The van der Waals surface area contributed by atoms with Gasteiger partial charge in [0.25, 0.3) is 0 Å². The molecule has 0 amide bonds. The van der Waals surface area contributed by atoms with Gasteiger partial charge in [0.15, 0.2) is 0 Å². The van der Waals surface area contributed by atoms with Crippen LogP contribution in [0.25, 0.3) is 46.1 Å². The minimum absolute atomic E-state index is 0.0185. The van der Waals surface area contributed by atoms with E-state index in [1.807, 2.05) is 0 Å². The van der Waals surface area contributed by atoms with Crippen LogP contribution in [-0.2, 0) is 20.9 Å². The van der Waals surface area contributed by atoms with Crippen LogP contribution in [0.1, 0.15) is 61.9 Å². The topological polar surface area (TPSA) is 127 Å². The molecule has 9 nitrogen and oxygen atoms in total. The molecule has 0 unspecified atom stereocenters. The van der Waals surface area contributed by atoms with Crippen LogP contribution in [0.15, 0.2) is 63.5 Å². The second kappa shape index (κ2) is 17.8. The molecule has 250 valence electrons. The van der Waals surface area contributed by atoms with Crippen LogP contribution in [0.3, 0.4) is 0 Å². The quantitative estimate of drug-likeness (QED) is 0.0467. The van der Waals surface area contributed by atoms with Gasteiger partial charge in [-0.15, -0.1) is 0 Å². The van der Waals surface area contributed by atoms with E-state index in [4.69, 9.17) is 30.3 Å². The summed E-state index contributed by atoms with van der Waals surface area (Å²) >= 11 is 6.26. The van der Waals surface area contributed by atoms with Crippen molar-refractivity contribution in [2.24, 2.45) is 0 Å². The van der Waals surface area contributed by atoms with Crippen LogP contribution in [-0.4, -0.2) is 49.2 Å². The Kier molecular flexibility index (Phi) is 13.6. The molecule has 1 heterocycles. The van der Waals surface area contributed by atoms with Crippen molar-refractivity contribution in [3.63, 3.8) is 0 Å².